The highest BCUT2D eigenvalue weighted by molar-refractivity contribution is 9.10. The second-order valence-corrected chi connectivity index (χ2v) is 5.70. The van der Waals surface area contributed by atoms with Crippen molar-refractivity contribution >= 4 is 15.9 Å². The lowest BCUT2D eigenvalue weighted by Gasteiger charge is -2.10. The van der Waals surface area contributed by atoms with Crippen molar-refractivity contribution in [2.24, 2.45) is 0 Å². The summed E-state index contributed by atoms with van der Waals surface area (Å²) in [4.78, 5) is 0. The number of benzene rings is 2. The summed E-state index contributed by atoms with van der Waals surface area (Å²) in [6.07, 6.45) is 0. The van der Waals surface area contributed by atoms with Crippen molar-refractivity contribution in [2.45, 2.75) is 13.5 Å². The Morgan fingerprint density at radius 3 is 2.52 bits per heavy atom. The van der Waals surface area contributed by atoms with E-state index in [0.717, 1.165) is 27.1 Å². The molecule has 3 rings (SSSR count). The van der Waals surface area contributed by atoms with Crippen LogP contribution in [0, 0.1) is 6.92 Å². The minimum atomic E-state index is -0.158. The summed E-state index contributed by atoms with van der Waals surface area (Å²) in [7, 11) is 0. The first kappa shape index (κ1) is 14.0. The summed E-state index contributed by atoms with van der Waals surface area (Å²) in [6.45, 7) is 1.87. The van der Waals surface area contributed by atoms with E-state index in [9.17, 15) is 5.11 Å². The number of hydrogen-bond acceptors (Lipinski definition) is 3. The molecule has 0 spiro atoms. The molecule has 0 radical (unpaired) electrons. The molecule has 1 N–H and O–H groups in total. The molecule has 0 aliphatic heterocycles. The molecule has 0 atom stereocenters. The smallest absolute Gasteiger partial charge is 0.168 e. The van der Waals surface area contributed by atoms with Crippen LogP contribution in [0.3, 0.4) is 0 Å². The van der Waals surface area contributed by atoms with E-state index in [1.54, 1.807) is 0 Å². The number of aliphatic hydroxyl groups is 1. The van der Waals surface area contributed by atoms with Crippen LogP contribution in [0.2, 0.25) is 0 Å². The van der Waals surface area contributed by atoms with Crippen molar-refractivity contribution in [1.82, 2.24) is 14.8 Å². The molecule has 0 saturated heterocycles. The van der Waals surface area contributed by atoms with Gasteiger partial charge in [0, 0.05) is 15.7 Å². The predicted octanol–water partition coefficient (Wildman–Crippen LogP) is 3.50. The molecule has 106 valence electrons. The van der Waals surface area contributed by atoms with Gasteiger partial charge in [0.25, 0.3) is 0 Å². The van der Waals surface area contributed by atoms with E-state index >= 15 is 0 Å². The summed E-state index contributed by atoms with van der Waals surface area (Å²) in [5.41, 5.74) is 3.02. The van der Waals surface area contributed by atoms with E-state index in [1.807, 2.05) is 54.0 Å². The van der Waals surface area contributed by atoms with Crippen molar-refractivity contribution < 1.29 is 5.11 Å². The van der Waals surface area contributed by atoms with Crippen molar-refractivity contribution in [2.75, 3.05) is 0 Å². The number of halogens is 1. The molecule has 0 fully saturated rings. The van der Waals surface area contributed by atoms with Gasteiger partial charge in [-0.05, 0) is 42.8 Å². The van der Waals surface area contributed by atoms with Crippen molar-refractivity contribution in [1.29, 1.82) is 0 Å². The Balaban J connectivity index is 2.22. The minimum Gasteiger partial charge on any atom is -0.388 e. The number of para-hydroxylation sites is 1. The molecule has 1 aromatic heterocycles. The molecule has 0 bridgehead atoms. The van der Waals surface area contributed by atoms with Gasteiger partial charge < -0.3 is 5.11 Å². The monoisotopic (exact) mass is 343 g/mol. The quantitative estimate of drug-likeness (QED) is 0.791. The maximum absolute atomic E-state index is 9.52. The first-order chi connectivity index (χ1) is 10.2. The third-order valence-electron chi connectivity index (χ3n) is 3.19. The fourth-order valence-electron chi connectivity index (χ4n) is 2.32. The highest BCUT2D eigenvalue weighted by Crippen LogP contribution is 2.26. The highest BCUT2D eigenvalue weighted by atomic mass is 79.9. The molecule has 5 heteroatoms. The topological polar surface area (TPSA) is 50.9 Å². The Morgan fingerprint density at radius 1 is 1.10 bits per heavy atom. The Kier molecular flexibility index (Phi) is 3.86. The van der Waals surface area contributed by atoms with Crippen LogP contribution < -0.4 is 0 Å². The van der Waals surface area contributed by atoms with E-state index in [0.29, 0.717) is 5.82 Å². The fraction of sp³-hybridized carbons (Fsp3) is 0.125. The van der Waals surface area contributed by atoms with Crippen molar-refractivity contribution in [3.8, 4) is 17.1 Å². The maximum atomic E-state index is 9.52. The van der Waals surface area contributed by atoms with Crippen LogP contribution in [-0.4, -0.2) is 19.9 Å². The first-order valence-electron chi connectivity index (χ1n) is 6.57. The number of nitrogens with zero attached hydrogens (tertiary/aromatic N) is 3. The molecule has 0 aliphatic carbocycles. The number of hydrogen-bond donors (Lipinski definition) is 1. The normalized spacial score (nSPS) is 10.8. The van der Waals surface area contributed by atoms with E-state index in [4.69, 9.17) is 0 Å². The number of aryl methyl sites for hydroxylation is 1. The number of aromatic nitrogens is 3. The van der Waals surface area contributed by atoms with E-state index < -0.39 is 0 Å². The van der Waals surface area contributed by atoms with E-state index in [2.05, 4.69) is 32.2 Å². The van der Waals surface area contributed by atoms with Gasteiger partial charge in [-0.15, -0.1) is 10.2 Å². The molecule has 4 nitrogen and oxygen atoms in total. The summed E-state index contributed by atoms with van der Waals surface area (Å²) in [5, 5.41) is 17.9. The molecule has 0 amide bonds. The maximum Gasteiger partial charge on any atom is 0.168 e. The van der Waals surface area contributed by atoms with Crippen LogP contribution >= 0.6 is 15.9 Å². The average molecular weight is 344 g/mol. The first-order valence-corrected chi connectivity index (χ1v) is 7.36. The summed E-state index contributed by atoms with van der Waals surface area (Å²) in [6, 6.07) is 15.9. The second kappa shape index (κ2) is 5.79. The van der Waals surface area contributed by atoms with Crippen molar-refractivity contribution in [3.05, 3.63) is 64.4 Å². The highest BCUT2D eigenvalue weighted by Gasteiger charge is 2.15. The van der Waals surface area contributed by atoms with Gasteiger partial charge >= 0.3 is 0 Å². The van der Waals surface area contributed by atoms with Crippen LogP contribution in [0.1, 0.15) is 11.4 Å². The van der Waals surface area contributed by atoms with Gasteiger partial charge in [-0.25, -0.2) is 0 Å². The van der Waals surface area contributed by atoms with Crippen LogP contribution in [0.5, 0.6) is 0 Å². The predicted molar refractivity (Wildman–Crippen MR) is 85.2 cm³/mol. The van der Waals surface area contributed by atoms with Crippen LogP contribution in [0.15, 0.2) is 53.0 Å². The van der Waals surface area contributed by atoms with Gasteiger partial charge in [0.2, 0.25) is 0 Å². The van der Waals surface area contributed by atoms with Gasteiger partial charge in [0.15, 0.2) is 11.6 Å². The summed E-state index contributed by atoms with van der Waals surface area (Å²) < 4.78 is 2.87. The Morgan fingerprint density at radius 2 is 1.86 bits per heavy atom. The molecule has 1 heterocycles. The van der Waals surface area contributed by atoms with E-state index in [-0.39, 0.29) is 6.61 Å². The average Bonchev–Trinajstić information content (AvgIpc) is 2.91. The van der Waals surface area contributed by atoms with Gasteiger partial charge in [-0.1, -0.05) is 34.1 Å². The molecule has 3 aromatic rings. The zero-order valence-corrected chi connectivity index (χ0v) is 13.1. The van der Waals surface area contributed by atoms with Crippen LogP contribution in [0.25, 0.3) is 17.1 Å². The summed E-state index contributed by atoms with van der Waals surface area (Å²) >= 11 is 3.51. The fourth-order valence-corrected chi connectivity index (χ4v) is 2.93. The lowest BCUT2D eigenvalue weighted by Crippen LogP contribution is -2.03. The molecule has 2 aromatic carbocycles. The van der Waals surface area contributed by atoms with Gasteiger partial charge in [-0.2, -0.15) is 0 Å². The van der Waals surface area contributed by atoms with E-state index in [1.165, 1.54) is 0 Å². The van der Waals surface area contributed by atoms with Gasteiger partial charge in [0.05, 0.1) is 0 Å². The van der Waals surface area contributed by atoms with Crippen LogP contribution in [0.4, 0.5) is 0 Å². The third kappa shape index (κ3) is 2.75. The SMILES string of the molecule is Cc1cc(Br)cc(-c2nnc(CO)n2-c2ccccc2)c1. The zero-order valence-electron chi connectivity index (χ0n) is 11.5. The molecular formula is C16H14BrN3O. The minimum absolute atomic E-state index is 0.158. The van der Waals surface area contributed by atoms with Crippen molar-refractivity contribution in [3.63, 3.8) is 0 Å². The zero-order chi connectivity index (χ0) is 14.8. The number of aliphatic hydroxyl groups excluding tert-OH is 1. The summed E-state index contributed by atoms with van der Waals surface area (Å²) in [5.74, 6) is 1.24. The number of rotatable bonds is 3. The third-order valence-corrected chi connectivity index (χ3v) is 3.64. The molecule has 0 saturated carbocycles. The molecular weight excluding hydrogens is 330 g/mol. The Labute approximate surface area is 131 Å². The van der Waals surface area contributed by atoms with Crippen LogP contribution in [-0.2, 0) is 6.61 Å². The lowest BCUT2D eigenvalue weighted by atomic mass is 10.1. The standard InChI is InChI=1S/C16H14BrN3O/c1-11-7-12(9-13(17)8-11)16-19-18-15(10-21)20(16)14-5-3-2-4-6-14/h2-9,21H,10H2,1H3. The molecule has 21 heavy (non-hydrogen) atoms. The molecule has 0 unspecified atom stereocenters. The second-order valence-electron chi connectivity index (χ2n) is 4.79. The lowest BCUT2D eigenvalue weighted by molar-refractivity contribution is 0.269. The Bertz CT molecular complexity index is 748. The van der Waals surface area contributed by atoms with Gasteiger partial charge in [0.1, 0.15) is 6.61 Å². The largest absolute Gasteiger partial charge is 0.388 e. The molecule has 0 aliphatic rings. The Hall–Kier alpha value is -1.98. The van der Waals surface area contributed by atoms with Gasteiger partial charge in [-0.3, -0.25) is 4.57 Å².